The summed E-state index contributed by atoms with van der Waals surface area (Å²) >= 11 is 0. The molecule has 1 N–H and O–H groups in total. The summed E-state index contributed by atoms with van der Waals surface area (Å²) in [5.41, 5.74) is 2.61. The minimum Gasteiger partial charge on any atom is -0.309 e. The molecular weight excluding hydrogens is 212 g/mol. The number of nitrogens with one attached hydrogen (secondary N) is 1. The van der Waals surface area contributed by atoms with Crippen molar-refractivity contribution >= 4 is 0 Å². The lowest BCUT2D eigenvalue weighted by Crippen LogP contribution is -2.60. The third-order valence-electron chi connectivity index (χ3n) is 3.56. The molecule has 0 spiro atoms. The normalized spacial score (nSPS) is 25.1. The zero-order valence-electron chi connectivity index (χ0n) is 11.6. The molecule has 96 valence electrons. The van der Waals surface area contributed by atoms with Gasteiger partial charge in [-0.2, -0.15) is 5.10 Å². The summed E-state index contributed by atoms with van der Waals surface area (Å²) in [6, 6.07) is 2.76. The quantitative estimate of drug-likeness (QED) is 0.840. The van der Waals surface area contributed by atoms with E-state index in [-0.39, 0.29) is 5.54 Å². The highest BCUT2D eigenvalue weighted by Gasteiger charge is 2.30. The maximum absolute atomic E-state index is 4.41. The van der Waals surface area contributed by atoms with Crippen molar-refractivity contribution in [3.8, 4) is 0 Å². The molecule has 2 rings (SSSR count). The molecule has 1 unspecified atom stereocenters. The van der Waals surface area contributed by atoms with Gasteiger partial charge in [-0.3, -0.25) is 9.58 Å². The van der Waals surface area contributed by atoms with Gasteiger partial charge in [0.2, 0.25) is 0 Å². The number of rotatable bonds is 2. The lowest BCUT2D eigenvalue weighted by Gasteiger charge is -2.43. The van der Waals surface area contributed by atoms with Gasteiger partial charge >= 0.3 is 0 Å². The van der Waals surface area contributed by atoms with E-state index in [0.717, 1.165) is 25.3 Å². The first kappa shape index (κ1) is 12.6. The van der Waals surface area contributed by atoms with E-state index >= 15 is 0 Å². The molecule has 2 heterocycles. The molecular formula is C13H24N4. The first-order valence-corrected chi connectivity index (χ1v) is 6.36. The van der Waals surface area contributed by atoms with Crippen molar-refractivity contribution in [1.29, 1.82) is 0 Å². The van der Waals surface area contributed by atoms with Crippen molar-refractivity contribution in [3.05, 3.63) is 17.5 Å². The number of aromatic nitrogens is 2. The molecule has 0 bridgehead atoms. The van der Waals surface area contributed by atoms with E-state index < -0.39 is 0 Å². The largest absolute Gasteiger partial charge is 0.309 e. The number of hydrogen-bond acceptors (Lipinski definition) is 3. The van der Waals surface area contributed by atoms with Gasteiger partial charge in [-0.1, -0.05) is 0 Å². The highest BCUT2D eigenvalue weighted by molar-refractivity contribution is 5.09. The number of aryl methyl sites for hydroxylation is 2. The smallest absolute Gasteiger partial charge is 0.0597 e. The molecule has 0 saturated carbocycles. The van der Waals surface area contributed by atoms with Gasteiger partial charge in [0.15, 0.2) is 0 Å². The molecule has 1 atom stereocenters. The van der Waals surface area contributed by atoms with Crippen LogP contribution in [0.1, 0.15) is 32.2 Å². The standard InChI is InChI=1S/C13H24N4/c1-10-6-12(16(5)15-10)8-17-9-13(3,4)14-7-11(17)2/h6,11,14H,7-9H2,1-5H3. The third-order valence-corrected chi connectivity index (χ3v) is 3.56. The number of hydrogen-bond donors (Lipinski definition) is 1. The van der Waals surface area contributed by atoms with Crippen LogP contribution in [0.2, 0.25) is 0 Å². The van der Waals surface area contributed by atoms with Crippen LogP contribution in [-0.4, -0.2) is 39.4 Å². The Morgan fingerprint density at radius 1 is 1.53 bits per heavy atom. The zero-order chi connectivity index (χ0) is 12.6. The molecule has 1 aromatic heterocycles. The molecule has 17 heavy (non-hydrogen) atoms. The molecule has 4 nitrogen and oxygen atoms in total. The van der Waals surface area contributed by atoms with Gasteiger partial charge in [-0.25, -0.2) is 0 Å². The Hall–Kier alpha value is -0.870. The van der Waals surface area contributed by atoms with E-state index in [1.165, 1.54) is 5.69 Å². The third kappa shape index (κ3) is 2.87. The van der Waals surface area contributed by atoms with Crippen LogP contribution < -0.4 is 5.32 Å². The first-order chi connectivity index (χ1) is 7.87. The Kier molecular flexibility index (Phi) is 3.27. The van der Waals surface area contributed by atoms with Crippen molar-refractivity contribution in [1.82, 2.24) is 20.0 Å². The van der Waals surface area contributed by atoms with Crippen LogP contribution in [0, 0.1) is 6.92 Å². The zero-order valence-corrected chi connectivity index (χ0v) is 11.6. The van der Waals surface area contributed by atoms with Crippen LogP contribution in [0.25, 0.3) is 0 Å². The van der Waals surface area contributed by atoms with Crippen LogP contribution in [0.15, 0.2) is 6.07 Å². The average molecular weight is 236 g/mol. The SMILES string of the molecule is Cc1cc(CN2CC(C)(C)NCC2C)n(C)n1. The topological polar surface area (TPSA) is 33.1 Å². The van der Waals surface area contributed by atoms with E-state index in [9.17, 15) is 0 Å². The molecule has 1 aliphatic rings. The second-order valence-corrected chi connectivity index (χ2v) is 5.92. The fourth-order valence-corrected chi connectivity index (χ4v) is 2.50. The summed E-state index contributed by atoms with van der Waals surface area (Å²) < 4.78 is 2.00. The molecule has 4 heteroatoms. The maximum atomic E-state index is 4.41. The van der Waals surface area contributed by atoms with Crippen molar-refractivity contribution in [2.45, 2.75) is 45.8 Å². The van der Waals surface area contributed by atoms with Gasteiger partial charge in [0.05, 0.1) is 11.4 Å². The van der Waals surface area contributed by atoms with Crippen molar-refractivity contribution in [2.24, 2.45) is 7.05 Å². The van der Waals surface area contributed by atoms with Crippen molar-refractivity contribution < 1.29 is 0 Å². The second kappa shape index (κ2) is 4.42. The molecule has 1 aliphatic heterocycles. The molecule has 0 aromatic carbocycles. The van der Waals surface area contributed by atoms with Crippen molar-refractivity contribution in [2.75, 3.05) is 13.1 Å². The fraction of sp³-hybridized carbons (Fsp3) is 0.769. The lowest BCUT2D eigenvalue weighted by molar-refractivity contribution is 0.0953. The van der Waals surface area contributed by atoms with Gasteiger partial charge < -0.3 is 5.32 Å². The maximum Gasteiger partial charge on any atom is 0.0597 e. The van der Waals surface area contributed by atoms with Gasteiger partial charge in [0.1, 0.15) is 0 Å². The summed E-state index contributed by atoms with van der Waals surface area (Å²) in [7, 11) is 2.03. The predicted octanol–water partition coefficient (Wildman–Crippen LogP) is 1.30. The van der Waals surface area contributed by atoms with E-state index in [2.05, 4.69) is 49.1 Å². The molecule has 1 fully saturated rings. The Morgan fingerprint density at radius 2 is 2.24 bits per heavy atom. The predicted molar refractivity (Wildman–Crippen MR) is 69.9 cm³/mol. The Bertz CT molecular complexity index is 394. The Balaban J connectivity index is 2.09. The summed E-state index contributed by atoms with van der Waals surface area (Å²) in [5, 5.41) is 7.99. The van der Waals surface area contributed by atoms with Crippen LogP contribution >= 0.6 is 0 Å². The van der Waals surface area contributed by atoms with E-state index in [1.807, 2.05) is 11.7 Å². The number of piperazine rings is 1. The van der Waals surface area contributed by atoms with Crippen LogP contribution in [-0.2, 0) is 13.6 Å². The van der Waals surface area contributed by atoms with Crippen LogP contribution in [0.5, 0.6) is 0 Å². The van der Waals surface area contributed by atoms with Crippen LogP contribution in [0.3, 0.4) is 0 Å². The lowest BCUT2D eigenvalue weighted by atomic mass is 9.99. The van der Waals surface area contributed by atoms with Gasteiger partial charge in [0, 0.05) is 38.3 Å². The van der Waals surface area contributed by atoms with E-state index in [1.54, 1.807) is 0 Å². The summed E-state index contributed by atoms with van der Waals surface area (Å²) in [6.07, 6.45) is 0. The van der Waals surface area contributed by atoms with E-state index in [4.69, 9.17) is 0 Å². The minimum absolute atomic E-state index is 0.208. The van der Waals surface area contributed by atoms with Gasteiger partial charge in [-0.05, 0) is 33.8 Å². The Labute approximate surface area is 104 Å². The molecule has 0 amide bonds. The number of nitrogens with zero attached hydrogens (tertiary/aromatic N) is 3. The summed E-state index contributed by atoms with van der Waals surface area (Å²) in [4.78, 5) is 2.53. The highest BCUT2D eigenvalue weighted by Crippen LogP contribution is 2.17. The van der Waals surface area contributed by atoms with Gasteiger partial charge in [-0.15, -0.1) is 0 Å². The molecule has 0 aliphatic carbocycles. The van der Waals surface area contributed by atoms with Crippen molar-refractivity contribution in [3.63, 3.8) is 0 Å². The van der Waals surface area contributed by atoms with E-state index in [0.29, 0.717) is 6.04 Å². The summed E-state index contributed by atoms with van der Waals surface area (Å²) in [6.45, 7) is 12.0. The minimum atomic E-state index is 0.208. The monoisotopic (exact) mass is 236 g/mol. The second-order valence-electron chi connectivity index (χ2n) is 5.92. The molecule has 1 aromatic rings. The van der Waals surface area contributed by atoms with Gasteiger partial charge in [0.25, 0.3) is 0 Å². The first-order valence-electron chi connectivity index (χ1n) is 6.36. The highest BCUT2D eigenvalue weighted by atomic mass is 15.3. The molecule has 1 saturated heterocycles. The van der Waals surface area contributed by atoms with Crippen LogP contribution in [0.4, 0.5) is 0 Å². The molecule has 0 radical (unpaired) electrons. The summed E-state index contributed by atoms with van der Waals surface area (Å²) in [5.74, 6) is 0. The average Bonchev–Trinajstić information content (AvgIpc) is 2.51. The fourth-order valence-electron chi connectivity index (χ4n) is 2.50. The Morgan fingerprint density at radius 3 is 2.82 bits per heavy atom.